The molecule has 0 saturated heterocycles. The Morgan fingerprint density at radius 2 is 2.19 bits per heavy atom. The Hall–Kier alpha value is -0.300. The van der Waals surface area contributed by atoms with Gasteiger partial charge < -0.3 is 5.32 Å². The molecule has 1 N–H and O–H groups in total. The van der Waals surface area contributed by atoms with Gasteiger partial charge in [-0.15, -0.1) is 6.58 Å². The van der Waals surface area contributed by atoms with Crippen LogP contribution in [0.1, 0.15) is 59.3 Å². The van der Waals surface area contributed by atoms with E-state index < -0.39 is 0 Å². The Bertz CT molecular complexity index is 209. The molecule has 1 aliphatic rings. The number of nitrogens with one attached hydrogen (secondary N) is 1. The van der Waals surface area contributed by atoms with Gasteiger partial charge in [0.05, 0.1) is 0 Å². The summed E-state index contributed by atoms with van der Waals surface area (Å²) in [5, 5.41) is 3.73. The molecule has 0 bridgehead atoms. The van der Waals surface area contributed by atoms with E-state index in [9.17, 15) is 0 Å². The van der Waals surface area contributed by atoms with Crippen LogP contribution in [0.4, 0.5) is 0 Å². The molecule has 0 aromatic carbocycles. The van der Waals surface area contributed by atoms with E-state index in [1.165, 1.54) is 37.7 Å². The summed E-state index contributed by atoms with van der Waals surface area (Å²) in [7, 11) is 0. The van der Waals surface area contributed by atoms with E-state index in [1.54, 1.807) is 0 Å². The number of hydrogen-bond acceptors (Lipinski definition) is 1. The molecule has 3 atom stereocenters. The molecule has 1 aliphatic carbocycles. The van der Waals surface area contributed by atoms with Crippen LogP contribution in [0.15, 0.2) is 12.2 Å². The molecule has 0 aromatic heterocycles. The highest BCUT2D eigenvalue weighted by Crippen LogP contribution is 2.32. The van der Waals surface area contributed by atoms with Gasteiger partial charge >= 0.3 is 0 Å². The average Bonchev–Trinajstić information content (AvgIpc) is 2.23. The monoisotopic (exact) mass is 223 g/mol. The molecule has 94 valence electrons. The smallest absolute Gasteiger partial charge is 0.0132 e. The van der Waals surface area contributed by atoms with E-state index in [0.717, 1.165) is 24.8 Å². The first-order valence-electron chi connectivity index (χ1n) is 7.01. The molecule has 1 fully saturated rings. The van der Waals surface area contributed by atoms with Gasteiger partial charge in [0.25, 0.3) is 0 Å². The summed E-state index contributed by atoms with van der Waals surface area (Å²) in [6.07, 6.45) is 8.08. The van der Waals surface area contributed by atoms with Crippen LogP contribution in [0.5, 0.6) is 0 Å². The Morgan fingerprint density at radius 1 is 1.44 bits per heavy atom. The third-order valence-electron chi connectivity index (χ3n) is 3.77. The second kappa shape index (κ2) is 7.11. The minimum Gasteiger partial charge on any atom is -0.313 e. The van der Waals surface area contributed by atoms with Crippen LogP contribution in [0.25, 0.3) is 0 Å². The van der Waals surface area contributed by atoms with Crippen LogP contribution in [0.3, 0.4) is 0 Å². The van der Waals surface area contributed by atoms with Crippen LogP contribution in [0, 0.1) is 11.8 Å². The van der Waals surface area contributed by atoms with E-state index in [2.05, 4.69) is 32.7 Å². The molecular weight excluding hydrogens is 194 g/mol. The molecule has 0 spiro atoms. The van der Waals surface area contributed by atoms with Crippen molar-refractivity contribution in [1.29, 1.82) is 0 Å². The van der Waals surface area contributed by atoms with Crippen molar-refractivity contribution in [3.8, 4) is 0 Å². The molecule has 1 rings (SSSR count). The van der Waals surface area contributed by atoms with Gasteiger partial charge in [0.1, 0.15) is 0 Å². The van der Waals surface area contributed by atoms with Crippen LogP contribution < -0.4 is 5.32 Å². The topological polar surface area (TPSA) is 12.0 Å². The van der Waals surface area contributed by atoms with Crippen molar-refractivity contribution in [2.24, 2.45) is 11.8 Å². The Balaban J connectivity index is 2.48. The van der Waals surface area contributed by atoms with Crippen molar-refractivity contribution < 1.29 is 0 Å². The molecule has 1 heteroatoms. The van der Waals surface area contributed by atoms with E-state index in [1.807, 2.05) is 0 Å². The zero-order valence-corrected chi connectivity index (χ0v) is 11.4. The van der Waals surface area contributed by atoms with E-state index >= 15 is 0 Å². The van der Waals surface area contributed by atoms with E-state index in [4.69, 9.17) is 0 Å². The average molecular weight is 223 g/mol. The van der Waals surface area contributed by atoms with E-state index in [-0.39, 0.29) is 0 Å². The zero-order chi connectivity index (χ0) is 12.0. The molecule has 1 saturated carbocycles. The summed E-state index contributed by atoms with van der Waals surface area (Å²) in [4.78, 5) is 0. The molecular formula is C15H29N. The maximum atomic E-state index is 4.08. The molecule has 16 heavy (non-hydrogen) atoms. The fourth-order valence-electron chi connectivity index (χ4n) is 2.96. The molecule has 0 amide bonds. The molecule has 1 nitrogen and oxygen atoms in total. The lowest BCUT2D eigenvalue weighted by molar-refractivity contribution is 0.221. The van der Waals surface area contributed by atoms with E-state index in [0.29, 0.717) is 6.04 Å². The van der Waals surface area contributed by atoms with Gasteiger partial charge in [-0.05, 0) is 51.0 Å². The largest absolute Gasteiger partial charge is 0.313 e. The maximum absolute atomic E-state index is 4.08. The van der Waals surface area contributed by atoms with Crippen LogP contribution >= 0.6 is 0 Å². The predicted molar refractivity (Wildman–Crippen MR) is 72.6 cm³/mol. The Morgan fingerprint density at radius 3 is 2.75 bits per heavy atom. The summed E-state index contributed by atoms with van der Waals surface area (Å²) in [6, 6.07) is 0.681. The van der Waals surface area contributed by atoms with Gasteiger partial charge in [-0.2, -0.15) is 0 Å². The normalized spacial score (nSPS) is 27.7. The molecule has 0 heterocycles. The molecule has 3 unspecified atom stereocenters. The number of hydrogen-bond donors (Lipinski definition) is 1. The lowest BCUT2D eigenvalue weighted by Gasteiger charge is -2.34. The third-order valence-corrected chi connectivity index (χ3v) is 3.77. The minimum absolute atomic E-state index is 0.681. The van der Waals surface area contributed by atoms with Crippen molar-refractivity contribution in [2.75, 3.05) is 6.54 Å². The van der Waals surface area contributed by atoms with Crippen molar-refractivity contribution in [3.63, 3.8) is 0 Å². The fourth-order valence-corrected chi connectivity index (χ4v) is 2.96. The van der Waals surface area contributed by atoms with Crippen molar-refractivity contribution in [1.82, 2.24) is 5.32 Å². The first-order chi connectivity index (χ1) is 7.63. The maximum Gasteiger partial charge on any atom is 0.0132 e. The zero-order valence-electron chi connectivity index (χ0n) is 11.4. The van der Waals surface area contributed by atoms with Gasteiger partial charge in [0.15, 0.2) is 0 Å². The molecule has 0 aromatic rings. The SMILES string of the molecule is C=C(C)CC(NCCC)C1CCCC(C)C1. The van der Waals surface area contributed by atoms with Crippen LogP contribution in [-0.4, -0.2) is 12.6 Å². The lowest BCUT2D eigenvalue weighted by Crippen LogP contribution is -2.39. The standard InChI is InChI=1S/C15H29N/c1-5-9-16-15(10-12(2)3)14-8-6-7-13(4)11-14/h13-16H,2,5-11H2,1,3-4H3. The molecule has 0 aliphatic heterocycles. The summed E-state index contributed by atoms with van der Waals surface area (Å²) in [5.41, 5.74) is 1.33. The van der Waals surface area contributed by atoms with Crippen molar-refractivity contribution in [2.45, 2.75) is 65.3 Å². The second-order valence-corrected chi connectivity index (χ2v) is 5.75. The van der Waals surface area contributed by atoms with Crippen molar-refractivity contribution >= 4 is 0 Å². The second-order valence-electron chi connectivity index (χ2n) is 5.75. The Kier molecular flexibility index (Phi) is 6.12. The van der Waals surface area contributed by atoms with Crippen LogP contribution in [0.2, 0.25) is 0 Å². The first kappa shape index (κ1) is 13.8. The Labute approximate surface area is 102 Å². The summed E-state index contributed by atoms with van der Waals surface area (Å²) < 4.78 is 0. The highest BCUT2D eigenvalue weighted by Gasteiger charge is 2.25. The van der Waals surface area contributed by atoms with Gasteiger partial charge in [-0.1, -0.05) is 32.3 Å². The quantitative estimate of drug-likeness (QED) is 0.667. The van der Waals surface area contributed by atoms with Gasteiger partial charge in [0, 0.05) is 6.04 Å². The summed E-state index contributed by atoms with van der Waals surface area (Å²) in [5.74, 6) is 1.81. The van der Waals surface area contributed by atoms with Gasteiger partial charge in [0.2, 0.25) is 0 Å². The highest BCUT2D eigenvalue weighted by atomic mass is 14.9. The van der Waals surface area contributed by atoms with Crippen LogP contribution in [-0.2, 0) is 0 Å². The first-order valence-corrected chi connectivity index (χ1v) is 7.01. The minimum atomic E-state index is 0.681. The highest BCUT2D eigenvalue weighted by molar-refractivity contribution is 4.96. The summed E-state index contributed by atoms with van der Waals surface area (Å²) >= 11 is 0. The fraction of sp³-hybridized carbons (Fsp3) is 0.867. The van der Waals surface area contributed by atoms with Crippen molar-refractivity contribution in [3.05, 3.63) is 12.2 Å². The predicted octanol–water partition coefficient (Wildman–Crippen LogP) is 4.15. The summed E-state index contributed by atoms with van der Waals surface area (Å²) in [6.45, 7) is 12.0. The van der Waals surface area contributed by atoms with Gasteiger partial charge in [-0.3, -0.25) is 0 Å². The number of rotatable bonds is 6. The molecule has 0 radical (unpaired) electrons. The third kappa shape index (κ3) is 4.69. The lowest BCUT2D eigenvalue weighted by atomic mass is 9.77. The van der Waals surface area contributed by atoms with Gasteiger partial charge in [-0.25, -0.2) is 0 Å².